The number of allylic oxidation sites excluding steroid dienone is 12. The second-order valence-corrected chi connectivity index (χ2v) is 22.5. The molecule has 0 saturated carbocycles. The summed E-state index contributed by atoms with van der Waals surface area (Å²) in [5.74, 6) is -0.576. The maximum Gasteiger partial charge on any atom is 0.306 e. The molecular weight excluding hydrogens is 933 g/mol. The molecular formula is C71H128O5. The van der Waals surface area contributed by atoms with E-state index in [2.05, 4.69) is 86.8 Å². The van der Waals surface area contributed by atoms with Gasteiger partial charge in [0.05, 0.1) is 6.61 Å². The van der Waals surface area contributed by atoms with Gasteiger partial charge in [-0.05, 0) is 83.5 Å². The summed E-state index contributed by atoms with van der Waals surface area (Å²) >= 11 is 0. The molecule has 0 aliphatic heterocycles. The minimum atomic E-state index is -0.773. The maximum atomic E-state index is 12.4. The summed E-state index contributed by atoms with van der Waals surface area (Å²) in [4.78, 5) is 24.6. The molecule has 1 N–H and O–H groups in total. The Morgan fingerprint density at radius 2 is 0.566 bits per heavy atom. The number of carbonyl (C=O) groups is 2. The smallest absolute Gasteiger partial charge is 0.306 e. The third-order valence-corrected chi connectivity index (χ3v) is 15.0. The van der Waals surface area contributed by atoms with Crippen LogP contribution in [0.2, 0.25) is 0 Å². The number of aliphatic hydroxyl groups excluding tert-OH is 1. The Bertz CT molecular complexity index is 1340. The number of unbranched alkanes of at least 4 members (excludes halogenated alkanes) is 42. The van der Waals surface area contributed by atoms with Crippen molar-refractivity contribution in [1.29, 1.82) is 0 Å². The number of hydrogen-bond acceptors (Lipinski definition) is 5. The van der Waals surface area contributed by atoms with Gasteiger partial charge in [0.1, 0.15) is 6.61 Å². The van der Waals surface area contributed by atoms with Crippen molar-refractivity contribution >= 4 is 11.9 Å². The van der Waals surface area contributed by atoms with Crippen LogP contribution in [0.3, 0.4) is 0 Å². The van der Waals surface area contributed by atoms with Crippen molar-refractivity contribution in [2.45, 2.75) is 354 Å². The Kier molecular flexibility index (Phi) is 64.3. The predicted octanol–water partition coefficient (Wildman–Crippen LogP) is 23.1. The normalized spacial score (nSPS) is 12.6. The highest BCUT2D eigenvalue weighted by Gasteiger charge is 2.16. The third-order valence-electron chi connectivity index (χ3n) is 15.0. The second-order valence-electron chi connectivity index (χ2n) is 22.5. The van der Waals surface area contributed by atoms with Gasteiger partial charge in [-0.15, -0.1) is 0 Å². The Morgan fingerprint density at radius 1 is 0.316 bits per heavy atom. The van der Waals surface area contributed by atoms with E-state index >= 15 is 0 Å². The standard InChI is InChI=1S/C71H128O5/c1-3-5-7-9-11-13-15-17-19-21-23-25-27-28-29-30-31-32-33-34-35-36-37-38-39-40-41-42-44-46-48-50-52-54-56-58-60-62-64-66-71(74)76-69(67-72)68-75-70(73)65-63-61-59-57-55-53-51-49-47-45-43-26-24-22-20-18-16-14-12-10-8-6-4-2/h5,7,11,13,16-19,22-25,69,72H,3-4,6,8-10,12,14-15,20-21,26-68H2,1-2H3/b7-5-,13-11-,18-16-,19-17-,24-22-,25-23-. The summed E-state index contributed by atoms with van der Waals surface area (Å²) in [6.45, 7) is 4.06. The molecule has 0 rings (SSSR count). The first-order valence-electron chi connectivity index (χ1n) is 33.5. The van der Waals surface area contributed by atoms with Crippen LogP contribution in [-0.4, -0.2) is 36.4 Å². The van der Waals surface area contributed by atoms with Crippen LogP contribution in [0.4, 0.5) is 0 Å². The average Bonchev–Trinajstić information content (AvgIpc) is 3.42. The molecule has 0 bridgehead atoms. The molecule has 0 aromatic carbocycles. The minimum absolute atomic E-state index is 0.0639. The molecule has 1 unspecified atom stereocenters. The highest BCUT2D eigenvalue weighted by molar-refractivity contribution is 5.70. The molecule has 0 aromatic heterocycles. The molecule has 0 heterocycles. The summed E-state index contributed by atoms with van der Waals surface area (Å²) < 4.78 is 10.7. The maximum absolute atomic E-state index is 12.4. The fraction of sp³-hybridized carbons (Fsp3) is 0.803. The Labute approximate surface area is 473 Å². The number of ether oxygens (including phenoxy) is 2. The average molecular weight is 1060 g/mol. The second kappa shape index (κ2) is 66.6. The van der Waals surface area contributed by atoms with Gasteiger partial charge in [-0.25, -0.2) is 0 Å². The number of carbonyl (C=O) groups excluding carboxylic acids is 2. The van der Waals surface area contributed by atoms with Gasteiger partial charge in [0.2, 0.25) is 0 Å². The van der Waals surface area contributed by atoms with Crippen LogP contribution in [0.15, 0.2) is 72.9 Å². The first-order chi connectivity index (χ1) is 37.6. The van der Waals surface area contributed by atoms with Gasteiger partial charge in [-0.1, -0.05) is 324 Å². The molecule has 0 aliphatic rings. The Morgan fingerprint density at radius 3 is 0.855 bits per heavy atom. The van der Waals surface area contributed by atoms with Crippen molar-refractivity contribution in [3.05, 3.63) is 72.9 Å². The summed E-state index contributed by atoms with van der Waals surface area (Å²) in [7, 11) is 0. The largest absolute Gasteiger partial charge is 0.462 e. The Balaban J connectivity index is 3.40. The van der Waals surface area contributed by atoms with Gasteiger partial charge in [0, 0.05) is 12.8 Å². The van der Waals surface area contributed by atoms with Gasteiger partial charge < -0.3 is 14.6 Å². The van der Waals surface area contributed by atoms with Crippen LogP contribution in [-0.2, 0) is 19.1 Å². The van der Waals surface area contributed by atoms with E-state index in [4.69, 9.17) is 9.47 Å². The van der Waals surface area contributed by atoms with E-state index in [0.29, 0.717) is 12.8 Å². The quantitative estimate of drug-likeness (QED) is 0.0373. The van der Waals surface area contributed by atoms with Crippen LogP contribution in [0.1, 0.15) is 348 Å². The summed E-state index contributed by atoms with van der Waals surface area (Å²) in [5, 5.41) is 9.69. The zero-order valence-electron chi connectivity index (χ0n) is 50.8. The van der Waals surface area contributed by atoms with E-state index in [1.165, 1.54) is 250 Å². The van der Waals surface area contributed by atoms with Crippen molar-refractivity contribution in [2.75, 3.05) is 13.2 Å². The molecule has 0 spiro atoms. The van der Waals surface area contributed by atoms with Gasteiger partial charge >= 0.3 is 11.9 Å². The molecule has 0 aliphatic carbocycles. The van der Waals surface area contributed by atoms with Crippen LogP contribution < -0.4 is 0 Å². The van der Waals surface area contributed by atoms with Crippen molar-refractivity contribution < 1.29 is 24.2 Å². The topological polar surface area (TPSA) is 72.8 Å². The van der Waals surface area contributed by atoms with Gasteiger partial charge in [0.25, 0.3) is 0 Å². The number of esters is 2. The van der Waals surface area contributed by atoms with Gasteiger partial charge in [-0.3, -0.25) is 9.59 Å². The van der Waals surface area contributed by atoms with E-state index in [1.54, 1.807) is 0 Å². The lowest BCUT2D eigenvalue weighted by Gasteiger charge is -2.15. The van der Waals surface area contributed by atoms with Crippen molar-refractivity contribution in [2.24, 2.45) is 0 Å². The van der Waals surface area contributed by atoms with Gasteiger partial charge in [0.15, 0.2) is 6.10 Å². The molecule has 5 nitrogen and oxygen atoms in total. The van der Waals surface area contributed by atoms with Crippen LogP contribution >= 0.6 is 0 Å². The zero-order valence-corrected chi connectivity index (χ0v) is 50.8. The summed E-state index contributed by atoms with van der Waals surface area (Å²) in [6, 6.07) is 0. The van der Waals surface area contributed by atoms with Crippen molar-refractivity contribution in [3.8, 4) is 0 Å². The van der Waals surface area contributed by atoms with E-state index < -0.39 is 6.10 Å². The molecule has 5 heteroatoms. The monoisotopic (exact) mass is 1060 g/mol. The molecule has 0 aromatic rings. The molecule has 0 saturated heterocycles. The van der Waals surface area contributed by atoms with Crippen molar-refractivity contribution in [3.63, 3.8) is 0 Å². The highest BCUT2D eigenvalue weighted by Crippen LogP contribution is 2.18. The van der Waals surface area contributed by atoms with Crippen molar-refractivity contribution in [1.82, 2.24) is 0 Å². The van der Waals surface area contributed by atoms with Crippen LogP contribution in [0, 0.1) is 0 Å². The lowest BCUT2D eigenvalue weighted by Crippen LogP contribution is -2.28. The minimum Gasteiger partial charge on any atom is -0.462 e. The lowest BCUT2D eigenvalue weighted by atomic mass is 10.0. The summed E-state index contributed by atoms with van der Waals surface area (Å²) in [6.07, 6.45) is 92.1. The van der Waals surface area contributed by atoms with E-state index in [1.807, 2.05) is 0 Å². The predicted molar refractivity (Wildman–Crippen MR) is 334 cm³/mol. The van der Waals surface area contributed by atoms with Crippen LogP contribution in [0.25, 0.3) is 0 Å². The fourth-order valence-corrected chi connectivity index (χ4v) is 9.99. The molecule has 1 atom stereocenters. The van der Waals surface area contributed by atoms with Gasteiger partial charge in [-0.2, -0.15) is 0 Å². The molecule has 442 valence electrons. The third kappa shape index (κ3) is 63.9. The Hall–Kier alpha value is -2.66. The number of hydrogen-bond donors (Lipinski definition) is 1. The number of rotatable bonds is 62. The van der Waals surface area contributed by atoms with Crippen LogP contribution in [0.5, 0.6) is 0 Å². The first-order valence-corrected chi connectivity index (χ1v) is 33.5. The zero-order chi connectivity index (χ0) is 54.8. The molecule has 0 amide bonds. The van der Waals surface area contributed by atoms with E-state index in [0.717, 1.165) is 70.6 Å². The van der Waals surface area contributed by atoms with E-state index in [-0.39, 0.29) is 25.2 Å². The lowest BCUT2D eigenvalue weighted by molar-refractivity contribution is -0.161. The highest BCUT2D eigenvalue weighted by atomic mass is 16.6. The number of aliphatic hydroxyl groups is 1. The summed E-state index contributed by atoms with van der Waals surface area (Å²) in [5.41, 5.74) is 0. The SMILES string of the molecule is CC/C=C\C/C=C\C/C=C\C/C=C\CCCCCCCCCCCCCCCCCCCCCCCCCCCCC(=O)OC(CO)COC(=O)CCCCCCCCCCCCC/C=C\C/C=C\CCCCCCC. The molecule has 0 fully saturated rings. The fourth-order valence-electron chi connectivity index (χ4n) is 9.99. The molecule has 76 heavy (non-hydrogen) atoms. The molecule has 0 radical (unpaired) electrons. The van der Waals surface area contributed by atoms with E-state index in [9.17, 15) is 14.7 Å². The first kappa shape index (κ1) is 73.3.